The monoisotopic (exact) mass is 160 g/mol. The first-order valence-corrected chi connectivity index (χ1v) is 3.82. The Morgan fingerprint density at radius 1 is 1.33 bits per heavy atom. The topological polar surface area (TPSA) is 36.2 Å². The first kappa shape index (κ1) is 8.65. The van der Waals surface area contributed by atoms with Crippen LogP contribution in [0.2, 0.25) is 0 Å². The zero-order valence-corrected chi connectivity index (χ0v) is 7.33. The third-order valence-corrected chi connectivity index (χ3v) is 1.72. The van der Waals surface area contributed by atoms with Crippen LogP contribution in [-0.4, -0.2) is 19.0 Å². The van der Waals surface area contributed by atoms with Gasteiger partial charge in [-0.15, -0.1) is 0 Å². The van der Waals surface area contributed by atoms with E-state index in [2.05, 4.69) is 4.99 Å². The Bertz CT molecular complexity index is 296. The molecule has 1 aromatic rings. The number of aryl methyl sites for hydroxylation is 1. The van der Waals surface area contributed by atoms with Crippen molar-refractivity contribution in [1.29, 1.82) is 5.41 Å². The quantitative estimate of drug-likeness (QED) is 0.643. The number of benzene rings is 1. The summed E-state index contributed by atoms with van der Waals surface area (Å²) in [5.74, 6) is 0. The van der Waals surface area contributed by atoms with Crippen molar-refractivity contribution in [3.63, 3.8) is 0 Å². The molecule has 1 rings (SSSR count). The first-order chi connectivity index (χ1) is 5.77. The molecule has 0 aliphatic heterocycles. The summed E-state index contributed by atoms with van der Waals surface area (Å²) in [5.41, 5.74) is 2.94. The van der Waals surface area contributed by atoms with Crippen LogP contribution in [0.25, 0.3) is 0 Å². The molecule has 0 atom stereocenters. The second kappa shape index (κ2) is 3.81. The normalized spacial score (nSPS) is 11.3. The number of aliphatic imine (C=N–C) groups is 1. The highest BCUT2D eigenvalue weighted by molar-refractivity contribution is 6.37. The molecule has 0 saturated carbocycles. The van der Waals surface area contributed by atoms with E-state index in [9.17, 15) is 0 Å². The van der Waals surface area contributed by atoms with Crippen LogP contribution in [0.3, 0.4) is 0 Å². The highest BCUT2D eigenvalue weighted by atomic mass is 14.7. The second-order valence-electron chi connectivity index (χ2n) is 2.62. The lowest BCUT2D eigenvalue weighted by molar-refractivity contribution is 1.42. The average molecular weight is 160 g/mol. The molecule has 0 aliphatic rings. The van der Waals surface area contributed by atoms with Crippen molar-refractivity contribution in [1.82, 2.24) is 0 Å². The molecule has 0 heterocycles. The largest absolute Gasteiger partial charge is 0.306 e. The zero-order valence-electron chi connectivity index (χ0n) is 7.33. The maximum Gasteiger partial charge on any atom is 0.0818 e. The molecular formula is C10H12N2. The highest BCUT2D eigenvalue weighted by Crippen LogP contribution is 2.03. The minimum Gasteiger partial charge on any atom is -0.306 e. The summed E-state index contributed by atoms with van der Waals surface area (Å²) in [6.07, 6.45) is 1.27. The molecule has 62 valence electrons. The highest BCUT2D eigenvalue weighted by Gasteiger charge is 1.96. The predicted molar refractivity (Wildman–Crippen MR) is 52.4 cm³/mol. The molecule has 0 spiro atoms. The fourth-order valence-electron chi connectivity index (χ4n) is 1.00. The van der Waals surface area contributed by atoms with Gasteiger partial charge in [-0.1, -0.05) is 29.8 Å². The molecule has 0 fully saturated rings. The summed E-state index contributed by atoms with van der Waals surface area (Å²) in [6.45, 7) is 2.04. The molecule has 1 aromatic carbocycles. The molecule has 2 nitrogen and oxygen atoms in total. The van der Waals surface area contributed by atoms with Gasteiger partial charge in [-0.2, -0.15) is 0 Å². The van der Waals surface area contributed by atoms with E-state index in [0.717, 1.165) is 11.3 Å². The Labute approximate surface area is 72.5 Å². The zero-order chi connectivity index (χ0) is 8.97. The molecule has 0 radical (unpaired) electrons. The van der Waals surface area contributed by atoms with Gasteiger partial charge < -0.3 is 5.41 Å². The van der Waals surface area contributed by atoms with Crippen molar-refractivity contribution in [2.45, 2.75) is 6.92 Å². The number of hydrogen-bond acceptors (Lipinski definition) is 2. The number of hydrogen-bond donors (Lipinski definition) is 1. The minimum absolute atomic E-state index is 0.718. The number of nitrogens with one attached hydrogen (secondary N) is 1. The standard InChI is InChI=1S/C10H12N2/c1-8-3-5-9(6-4-8)10(7-11)12-2/h3-7,11H,1-2H3. The van der Waals surface area contributed by atoms with E-state index in [1.165, 1.54) is 11.8 Å². The Hall–Kier alpha value is -1.44. The Balaban J connectivity index is 3.04. The van der Waals surface area contributed by atoms with Gasteiger partial charge in [0, 0.05) is 18.8 Å². The van der Waals surface area contributed by atoms with E-state index in [-0.39, 0.29) is 0 Å². The third-order valence-electron chi connectivity index (χ3n) is 1.72. The fraction of sp³-hybridized carbons (Fsp3) is 0.200. The van der Waals surface area contributed by atoms with Crippen molar-refractivity contribution in [3.8, 4) is 0 Å². The van der Waals surface area contributed by atoms with Gasteiger partial charge in [-0.25, -0.2) is 0 Å². The van der Waals surface area contributed by atoms with Gasteiger partial charge >= 0.3 is 0 Å². The Morgan fingerprint density at radius 3 is 2.33 bits per heavy atom. The molecule has 1 N–H and O–H groups in total. The lowest BCUT2D eigenvalue weighted by Gasteiger charge is -1.99. The van der Waals surface area contributed by atoms with Crippen molar-refractivity contribution in [2.24, 2.45) is 4.99 Å². The molecule has 12 heavy (non-hydrogen) atoms. The maximum absolute atomic E-state index is 7.10. The summed E-state index contributed by atoms with van der Waals surface area (Å²) >= 11 is 0. The van der Waals surface area contributed by atoms with E-state index in [4.69, 9.17) is 5.41 Å². The van der Waals surface area contributed by atoms with Crippen LogP contribution in [0.4, 0.5) is 0 Å². The van der Waals surface area contributed by atoms with Crippen molar-refractivity contribution in [3.05, 3.63) is 35.4 Å². The lowest BCUT2D eigenvalue weighted by Crippen LogP contribution is -2.00. The molecular weight excluding hydrogens is 148 g/mol. The first-order valence-electron chi connectivity index (χ1n) is 3.82. The molecule has 0 saturated heterocycles. The summed E-state index contributed by atoms with van der Waals surface area (Å²) < 4.78 is 0. The van der Waals surface area contributed by atoms with Gasteiger partial charge in [0.2, 0.25) is 0 Å². The van der Waals surface area contributed by atoms with Crippen LogP contribution < -0.4 is 0 Å². The van der Waals surface area contributed by atoms with Crippen LogP contribution in [-0.2, 0) is 0 Å². The molecule has 0 amide bonds. The van der Waals surface area contributed by atoms with Gasteiger partial charge in [-0.05, 0) is 6.92 Å². The SMILES string of the molecule is CN=C(C=N)c1ccc(C)cc1. The number of rotatable bonds is 2. The second-order valence-corrected chi connectivity index (χ2v) is 2.62. The minimum atomic E-state index is 0.718. The van der Waals surface area contributed by atoms with Crippen LogP contribution >= 0.6 is 0 Å². The van der Waals surface area contributed by atoms with Crippen molar-refractivity contribution < 1.29 is 0 Å². The molecule has 0 bridgehead atoms. The third kappa shape index (κ3) is 1.78. The molecule has 0 aromatic heterocycles. The smallest absolute Gasteiger partial charge is 0.0818 e. The Kier molecular flexibility index (Phi) is 2.75. The molecule has 0 unspecified atom stereocenters. The van der Waals surface area contributed by atoms with Crippen LogP contribution in [0.15, 0.2) is 29.3 Å². The lowest BCUT2D eigenvalue weighted by atomic mass is 10.1. The van der Waals surface area contributed by atoms with E-state index in [1.54, 1.807) is 7.05 Å². The van der Waals surface area contributed by atoms with Crippen molar-refractivity contribution in [2.75, 3.05) is 7.05 Å². The van der Waals surface area contributed by atoms with Crippen LogP contribution in [0.5, 0.6) is 0 Å². The van der Waals surface area contributed by atoms with Crippen LogP contribution in [0, 0.1) is 12.3 Å². The summed E-state index contributed by atoms with van der Waals surface area (Å²) in [5, 5.41) is 7.10. The summed E-state index contributed by atoms with van der Waals surface area (Å²) in [6, 6.07) is 7.99. The van der Waals surface area contributed by atoms with Gasteiger partial charge in [0.05, 0.1) is 5.71 Å². The van der Waals surface area contributed by atoms with E-state index < -0.39 is 0 Å². The van der Waals surface area contributed by atoms with Crippen molar-refractivity contribution >= 4 is 11.9 Å². The molecule has 2 heteroatoms. The summed E-state index contributed by atoms with van der Waals surface area (Å²) in [4.78, 5) is 3.98. The van der Waals surface area contributed by atoms with Gasteiger partial charge in [0.15, 0.2) is 0 Å². The average Bonchev–Trinajstić information content (AvgIpc) is 2.10. The van der Waals surface area contributed by atoms with Gasteiger partial charge in [0.1, 0.15) is 0 Å². The maximum atomic E-state index is 7.10. The number of nitrogens with zero attached hydrogens (tertiary/aromatic N) is 1. The fourth-order valence-corrected chi connectivity index (χ4v) is 1.00. The summed E-state index contributed by atoms with van der Waals surface area (Å²) in [7, 11) is 1.69. The van der Waals surface area contributed by atoms with Gasteiger partial charge in [-0.3, -0.25) is 4.99 Å². The van der Waals surface area contributed by atoms with Gasteiger partial charge in [0.25, 0.3) is 0 Å². The predicted octanol–water partition coefficient (Wildman–Crippen LogP) is 2.06. The van der Waals surface area contributed by atoms with E-state index >= 15 is 0 Å². The van der Waals surface area contributed by atoms with E-state index in [0.29, 0.717) is 0 Å². The van der Waals surface area contributed by atoms with E-state index in [1.807, 2.05) is 31.2 Å². The molecule has 0 aliphatic carbocycles. The van der Waals surface area contributed by atoms with Crippen LogP contribution in [0.1, 0.15) is 11.1 Å². The Morgan fingerprint density at radius 2 is 1.92 bits per heavy atom.